The van der Waals surface area contributed by atoms with Gasteiger partial charge in [-0.2, -0.15) is 0 Å². The van der Waals surface area contributed by atoms with E-state index in [1.165, 1.54) is 12.1 Å². The number of aryl methyl sites for hydroxylation is 1. The molecule has 0 aliphatic carbocycles. The van der Waals surface area contributed by atoms with Crippen LogP contribution in [0, 0.1) is 5.82 Å². The lowest BCUT2D eigenvalue weighted by atomic mass is 10.1. The molecule has 2 nitrogen and oxygen atoms in total. The molecule has 1 aromatic carbocycles. The summed E-state index contributed by atoms with van der Waals surface area (Å²) >= 11 is 0. The average Bonchev–Trinajstić information content (AvgIpc) is 2.33. The van der Waals surface area contributed by atoms with Crippen molar-refractivity contribution in [1.82, 2.24) is 5.32 Å². The molecule has 1 rings (SSSR count). The van der Waals surface area contributed by atoms with Crippen LogP contribution in [0.25, 0.3) is 0 Å². The predicted octanol–water partition coefficient (Wildman–Crippen LogP) is 3.06. The third kappa shape index (κ3) is 4.98. The van der Waals surface area contributed by atoms with Crippen molar-refractivity contribution in [2.45, 2.75) is 45.6 Å². The van der Waals surface area contributed by atoms with Gasteiger partial charge in [0.05, 0.1) is 0 Å². The molecule has 0 atom stereocenters. The smallest absolute Gasteiger partial charge is 0.220 e. The number of nitrogens with one attached hydrogen (secondary N) is 1. The molecule has 1 aromatic rings. The molecule has 0 aromatic heterocycles. The van der Waals surface area contributed by atoms with Crippen LogP contribution < -0.4 is 5.32 Å². The number of benzene rings is 1. The summed E-state index contributed by atoms with van der Waals surface area (Å²) in [6.07, 6.45) is 2.90. The van der Waals surface area contributed by atoms with Gasteiger partial charge in [0, 0.05) is 12.5 Å². The molecule has 3 heteroatoms. The second kappa shape index (κ2) is 7.05. The van der Waals surface area contributed by atoms with Gasteiger partial charge in [0.25, 0.3) is 0 Å². The van der Waals surface area contributed by atoms with Crippen LogP contribution in [0.3, 0.4) is 0 Å². The van der Waals surface area contributed by atoms with E-state index in [9.17, 15) is 9.18 Å². The van der Waals surface area contributed by atoms with Gasteiger partial charge >= 0.3 is 0 Å². The summed E-state index contributed by atoms with van der Waals surface area (Å²) in [6.45, 7) is 4.11. The summed E-state index contributed by atoms with van der Waals surface area (Å²) < 4.78 is 12.9. The van der Waals surface area contributed by atoms with E-state index < -0.39 is 0 Å². The zero-order valence-electron chi connectivity index (χ0n) is 10.5. The summed E-state index contributed by atoms with van der Waals surface area (Å²) in [5.74, 6) is -0.203. The number of halogens is 1. The molecule has 1 amide bonds. The molecule has 0 heterocycles. The lowest BCUT2D eigenvalue weighted by Crippen LogP contribution is -2.33. The van der Waals surface area contributed by atoms with Crippen molar-refractivity contribution in [3.05, 3.63) is 35.6 Å². The molecule has 0 bridgehead atoms. The van der Waals surface area contributed by atoms with E-state index in [1.54, 1.807) is 6.07 Å². The van der Waals surface area contributed by atoms with E-state index in [1.807, 2.05) is 6.07 Å². The van der Waals surface area contributed by atoms with Crippen molar-refractivity contribution in [1.29, 1.82) is 0 Å². The molecule has 0 spiro atoms. The van der Waals surface area contributed by atoms with Gasteiger partial charge in [0.1, 0.15) is 5.82 Å². The van der Waals surface area contributed by atoms with Gasteiger partial charge in [-0.1, -0.05) is 26.0 Å². The number of carbonyl (C=O) groups is 1. The van der Waals surface area contributed by atoms with Gasteiger partial charge in [0.2, 0.25) is 5.91 Å². The fourth-order valence-corrected chi connectivity index (χ4v) is 1.74. The van der Waals surface area contributed by atoms with Crippen LogP contribution in [-0.4, -0.2) is 11.9 Å². The molecule has 0 unspecified atom stereocenters. The van der Waals surface area contributed by atoms with Gasteiger partial charge < -0.3 is 5.32 Å². The fraction of sp³-hybridized carbons (Fsp3) is 0.500. The van der Waals surface area contributed by atoms with Gasteiger partial charge in [-0.15, -0.1) is 0 Å². The van der Waals surface area contributed by atoms with Crippen molar-refractivity contribution >= 4 is 5.91 Å². The molecule has 0 radical (unpaired) electrons. The second-order valence-corrected chi connectivity index (χ2v) is 4.21. The van der Waals surface area contributed by atoms with E-state index in [4.69, 9.17) is 0 Å². The third-order valence-electron chi connectivity index (χ3n) is 2.88. The minimum Gasteiger partial charge on any atom is -0.353 e. The van der Waals surface area contributed by atoms with Crippen molar-refractivity contribution in [3.63, 3.8) is 0 Å². The third-order valence-corrected chi connectivity index (χ3v) is 2.88. The maximum atomic E-state index is 12.9. The Morgan fingerprint density at radius 2 is 2.06 bits per heavy atom. The second-order valence-electron chi connectivity index (χ2n) is 4.21. The summed E-state index contributed by atoms with van der Waals surface area (Å²) in [4.78, 5) is 11.6. The largest absolute Gasteiger partial charge is 0.353 e. The normalized spacial score (nSPS) is 10.6. The molecular formula is C14H20FNO. The average molecular weight is 237 g/mol. The molecule has 0 aliphatic rings. The molecular weight excluding hydrogens is 217 g/mol. The summed E-state index contributed by atoms with van der Waals surface area (Å²) in [5, 5.41) is 2.97. The van der Waals surface area contributed by atoms with E-state index in [0.29, 0.717) is 12.8 Å². The maximum absolute atomic E-state index is 12.9. The highest BCUT2D eigenvalue weighted by Crippen LogP contribution is 2.06. The lowest BCUT2D eigenvalue weighted by Gasteiger charge is -2.14. The zero-order chi connectivity index (χ0) is 12.7. The highest BCUT2D eigenvalue weighted by molar-refractivity contribution is 5.76. The molecule has 0 saturated carbocycles. The molecule has 0 saturated heterocycles. The number of rotatable bonds is 6. The molecule has 0 aliphatic heterocycles. The van der Waals surface area contributed by atoms with Crippen LogP contribution in [0.1, 0.15) is 38.7 Å². The minimum absolute atomic E-state index is 0.0444. The quantitative estimate of drug-likeness (QED) is 0.809. The van der Waals surface area contributed by atoms with Crippen molar-refractivity contribution in [2.24, 2.45) is 0 Å². The Morgan fingerprint density at radius 1 is 1.35 bits per heavy atom. The zero-order valence-corrected chi connectivity index (χ0v) is 10.5. The number of carbonyl (C=O) groups excluding carboxylic acids is 1. The Morgan fingerprint density at radius 3 is 2.65 bits per heavy atom. The molecule has 94 valence electrons. The Hall–Kier alpha value is -1.38. The van der Waals surface area contributed by atoms with Crippen LogP contribution in [0.15, 0.2) is 24.3 Å². The molecule has 1 N–H and O–H groups in total. The first-order chi connectivity index (χ1) is 8.15. The van der Waals surface area contributed by atoms with Crippen molar-refractivity contribution in [3.8, 4) is 0 Å². The number of hydrogen-bond acceptors (Lipinski definition) is 1. The lowest BCUT2D eigenvalue weighted by molar-refractivity contribution is -0.121. The Labute approximate surface area is 102 Å². The van der Waals surface area contributed by atoms with Gasteiger partial charge in [-0.05, 0) is 37.0 Å². The van der Waals surface area contributed by atoms with Crippen LogP contribution in [0.4, 0.5) is 4.39 Å². The first kappa shape index (κ1) is 13.7. The molecule has 17 heavy (non-hydrogen) atoms. The van der Waals surface area contributed by atoms with Crippen molar-refractivity contribution < 1.29 is 9.18 Å². The SMILES string of the molecule is CCC(CC)NC(=O)CCc1cccc(F)c1. The van der Waals surface area contributed by atoms with E-state index in [2.05, 4.69) is 19.2 Å². The minimum atomic E-state index is -0.247. The van der Waals surface area contributed by atoms with Gasteiger partial charge in [0.15, 0.2) is 0 Å². The monoisotopic (exact) mass is 237 g/mol. The van der Waals surface area contributed by atoms with Crippen molar-refractivity contribution in [2.75, 3.05) is 0 Å². The van der Waals surface area contributed by atoms with Crippen LogP contribution in [-0.2, 0) is 11.2 Å². The van der Waals surface area contributed by atoms with Crippen LogP contribution >= 0.6 is 0 Å². The van der Waals surface area contributed by atoms with Gasteiger partial charge in [-0.3, -0.25) is 4.79 Å². The van der Waals surface area contributed by atoms with Crippen LogP contribution in [0.5, 0.6) is 0 Å². The van der Waals surface area contributed by atoms with Crippen LogP contribution in [0.2, 0.25) is 0 Å². The number of amides is 1. The van der Waals surface area contributed by atoms with E-state index in [0.717, 1.165) is 18.4 Å². The Balaban J connectivity index is 2.38. The highest BCUT2D eigenvalue weighted by atomic mass is 19.1. The van der Waals surface area contributed by atoms with E-state index in [-0.39, 0.29) is 17.8 Å². The first-order valence-corrected chi connectivity index (χ1v) is 6.19. The highest BCUT2D eigenvalue weighted by Gasteiger charge is 2.08. The standard InChI is InChI=1S/C14H20FNO/c1-3-13(4-2)16-14(17)9-8-11-6-5-7-12(15)10-11/h5-7,10,13H,3-4,8-9H2,1-2H3,(H,16,17). The summed E-state index contributed by atoms with van der Waals surface area (Å²) in [5.41, 5.74) is 0.865. The van der Waals surface area contributed by atoms with Gasteiger partial charge in [-0.25, -0.2) is 4.39 Å². The predicted molar refractivity (Wildman–Crippen MR) is 67.2 cm³/mol. The number of hydrogen-bond donors (Lipinski definition) is 1. The maximum Gasteiger partial charge on any atom is 0.220 e. The molecule has 0 fully saturated rings. The summed E-state index contributed by atoms with van der Waals surface area (Å²) in [6, 6.07) is 6.66. The topological polar surface area (TPSA) is 29.1 Å². The Bertz CT molecular complexity index is 361. The van der Waals surface area contributed by atoms with E-state index >= 15 is 0 Å². The Kier molecular flexibility index (Phi) is 5.67. The first-order valence-electron chi connectivity index (χ1n) is 6.19. The summed E-state index contributed by atoms with van der Waals surface area (Å²) in [7, 11) is 0. The fourth-order valence-electron chi connectivity index (χ4n) is 1.74.